The Kier molecular flexibility index (Phi) is 3.74. The molecule has 88 valence electrons. The molecule has 0 aliphatic heterocycles. The molecule has 0 saturated carbocycles. The third kappa shape index (κ3) is 3.03. The van der Waals surface area contributed by atoms with Gasteiger partial charge in [-0.2, -0.15) is 0 Å². The van der Waals surface area contributed by atoms with Crippen molar-refractivity contribution < 1.29 is 4.39 Å². The van der Waals surface area contributed by atoms with Gasteiger partial charge in [-0.3, -0.25) is 0 Å². The van der Waals surface area contributed by atoms with Crippen LogP contribution in [0.1, 0.15) is 18.5 Å². The van der Waals surface area contributed by atoms with Crippen molar-refractivity contribution in [3.8, 4) is 0 Å². The first-order chi connectivity index (χ1) is 8.16. The Balaban J connectivity index is 2.14. The molecule has 0 radical (unpaired) electrons. The fourth-order valence-electron chi connectivity index (χ4n) is 1.56. The van der Waals surface area contributed by atoms with Gasteiger partial charge in [-0.15, -0.1) is 0 Å². The van der Waals surface area contributed by atoms with Gasteiger partial charge in [0.1, 0.15) is 10.4 Å². The Morgan fingerprint density at radius 2 is 1.94 bits per heavy atom. The van der Waals surface area contributed by atoms with E-state index in [1.54, 1.807) is 18.3 Å². The molecular weight excluding hydrogens is 283 g/mol. The highest BCUT2D eigenvalue weighted by molar-refractivity contribution is 9.10. The third-order valence-electron chi connectivity index (χ3n) is 2.50. The van der Waals surface area contributed by atoms with Crippen LogP contribution in [0.25, 0.3) is 0 Å². The van der Waals surface area contributed by atoms with Crippen molar-refractivity contribution in [2.45, 2.75) is 13.0 Å². The molecular formula is C13H12BrFN2. The highest BCUT2D eigenvalue weighted by Crippen LogP contribution is 2.24. The first kappa shape index (κ1) is 12.0. The largest absolute Gasteiger partial charge is 0.376 e. The second-order valence-corrected chi connectivity index (χ2v) is 4.51. The topological polar surface area (TPSA) is 24.9 Å². The summed E-state index contributed by atoms with van der Waals surface area (Å²) in [6, 6.07) is 10.4. The van der Waals surface area contributed by atoms with Crippen LogP contribution in [-0.2, 0) is 0 Å². The van der Waals surface area contributed by atoms with Crippen molar-refractivity contribution in [1.82, 2.24) is 4.98 Å². The van der Waals surface area contributed by atoms with Crippen molar-refractivity contribution in [2.24, 2.45) is 0 Å². The number of aromatic nitrogens is 1. The highest BCUT2D eigenvalue weighted by Gasteiger charge is 2.07. The van der Waals surface area contributed by atoms with E-state index in [4.69, 9.17) is 0 Å². The van der Waals surface area contributed by atoms with Crippen molar-refractivity contribution >= 4 is 21.6 Å². The molecule has 1 N–H and O–H groups in total. The average Bonchev–Trinajstić information content (AvgIpc) is 2.33. The lowest BCUT2D eigenvalue weighted by Crippen LogP contribution is -2.07. The zero-order valence-electron chi connectivity index (χ0n) is 9.32. The van der Waals surface area contributed by atoms with Crippen LogP contribution in [-0.4, -0.2) is 4.98 Å². The summed E-state index contributed by atoms with van der Waals surface area (Å²) >= 11 is 3.38. The summed E-state index contributed by atoms with van der Waals surface area (Å²) in [5, 5.41) is 3.31. The van der Waals surface area contributed by atoms with E-state index in [0.29, 0.717) is 0 Å². The minimum absolute atomic E-state index is 0.0936. The highest BCUT2D eigenvalue weighted by atomic mass is 79.9. The number of rotatable bonds is 3. The van der Waals surface area contributed by atoms with E-state index < -0.39 is 0 Å². The molecule has 1 atom stereocenters. The monoisotopic (exact) mass is 294 g/mol. The zero-order chi connectivity index (χ0) is 12.3. The molecule has 0 spiro atoms. The summed E-state index contributed by atoms with van der Waals surface area (Å²) in [5.74, 6) is -0.219. The van der Waals surface area contributed by atoms with Crippen LogP contribution in [0.15, 0.2) is 47.2 Å². The first-order valence-corrected chi connectivity index (χ1v) is 6.08. The molecule has 1 heterocycles. The van der Waals surface area contributed by atoms with Crippen LogP contribution in [0, 0.1) is 5.82 Å². The number of hydrogen-bond acceptors (Lipinski definition) is 2. The van der Waals surface area contributed by atoms with E-state index in [2.05, 4.69) is 26.2 Å². The van der Waals surface area contributed by atoms with Gasteiger partial charge in [-0.05, 0) is 52.7 Å². The molecule has 0 fully saturated rings. The lowest BCUT2D eigenvalue weighted by Gasteiger charge is -2.16. The Bertz CT molecular complexity index is 499. The molecule has 0 saturated heterocycles. The third-order valence-corrected chi connectivity index (χ3v) is 3.13. The lowest BCUT2D eigenvalue weighted by atomic mass is 10.1. The van der Waals surface area contributed by atoms with Gasteiger partial charge in [0.15, 0.2) is 0 Å². The molecule has 4 heteroatoms. The lowest BCUT2D eigenvalue weighted by molar-refractivity contribution is 0.626. The predicted octanol–water partition coefficient (Wildman–Crippen LogP) is 4.16. The Morgan fingerprint density at radius 1 is 1.24 bits per heavy atom. The molecule has 1 aromatic heterocycles. The van der Waals surface area contributed by atoms with Gasteiger partial charge < -0.3 is 5.32 Å². The first-order valence-electron chi connectivity index (χ1n) is 5.29. The van der Waals surface area contributed by atoms with E-state index >= 15 is 0 Å². The summed E-state index contributed by atoms with van der Waals surface area (Å²) in [6.45, 7) is 2.02. The van der Waals surface area contributed by atoms with E-state index in [0.717, 1.165) is 15.9 Å². The quantitative estimate of drug-likeness (QED) is 0.860. The van der Waals surface area contributed by atoms with Gasteiger partial charge in [0, 0.05) is 12.2 Å². The molecule has 2 rings (SSSR count). The minimum atomic E-state index is -0.219. The zero-order valence-corrected chi connectivity index (χ0v) is 10.9. The second-order valence-electron chi connectivity index (χ2n) is 3.76. The summed E-state index contributed by atoms with van der Waals surface area (Å²) < 4.78 is 13.6. The Labute approximate surface area is 108 Å². The van der Waals surface area contributed by atoms with Crippen molar-refractivity contribution in [2.75, 3.05) is 5.32 Å². The normalized spacial score (nSPS) is 12.2. The van der Waals surface area contributed by atoms with E-state index in [-0.39, 0.29) is 11.9 Å². The number of benzene rings is 1. The summed E-state index contributed by atoms with van der Waals surface area (Å²) in [5.41, 5.74) is 1.95. The van der Waals surface area contributed by atoms with Crippen molar-refractivity contribution in [1.29, 1.82) is 0 Å². The second kappa shape index (κ2) is 5.27. The molecule has 1 unspecified atom stereocenters. The van der Waals surface area contributed by atoms with Crippen molar-refractivity contribution in [3.63, 3.8) is 0 Å². The maximum absolute atomic E-state index is 12.8. The smallest absolute Gasteiger partial charge is 0.129 e. The number of pyridine rings is 1. The van der Waals surface area contributed by atoms with Crippen molar-refractivity contribution in [3.05, 3.63) is 58.6 Å². The number of hydrogen-bond donors (Lipinski definition) is 1. The van der Waals surface area contributed by atoms with E-state index in [1.165, 1.54) is 12.1 Å². The van der Waals surface area contributed by atoms with Crippen LogP contribution in [0.2, 0.25) is 0 Å². The van der Waals surface area contributed by atoms with Crippen LogP contribution in [0.3, 0.4) is 0 Å². The molecule has 0 amide bonds. The number of halogens is 2. The van der Waals surface area contributed by atoms with Gasteiger partial charge in [0.05, 0.1) is 5.69 Å². The molecule has 2 aromatic rings. The number of nitrogens with one attached hydrogen (secondary N) is 1. The van der Waals surface area contributed by atoms with Gasteiger partial charge in [-0.1, -0.05) is 12.1 Å². The fraction of sp³-hybridized carbons (Fsp3) is 0.154. The van der Waals surface area contributed by atoms with Gasteiger partial charge in [-0.25, -0.2) is 9.37 Å². The van der Waals surface area contributed by atoms with E-state index in [1.807, 2.05) is 19.1 Å². The van der Waals surface area contributed by atoms with Crippen LogP contribution in [0.4, 0.5) is 10.1 Å². The summed E-state index contributed by atoms with van der Waals surface area (Å²) in [6.07, 6.45) is 1.72. The molecule has 1 aromatic carbocycles. The molecule has 0 aliphatic rings. The minimum Gasteiger partial charge on any atom is -0.376 e. The maximum Gasteiger partial charge on any atom is 0.129 e. The predicted molar refractivity (Wildman–Crippen MR) is 70.4 cm³/mol. The van der Waals surface area contributed by atoms with Gasteiger partial charge in [0.25, 0.3) is 0 Å². The van der Waals surface area contributed by atoms with Gasteiger partial charge >= 0.3 is 0 Å². The van der Waals surface area contributed by atoms with Crippen LogP contribution >= 0.6 is 15.9 Å². The standard InChI is InChI=1S/C13H12BrFN2/c1-9(10-4-6-11(15)7-5-10)17-12-3-2-8-16-13(12)14/h2-9,17H,1H3. The average molecular weight is 295 g/mol. The Morgan fingerprint density at radius 3 is 2.59 bits per heavy atom. The Hall–Kier alpha value is -1.42. The van der Waals surface area contributed by atoms with Crippen LogP contribution in [0.5, 0.6) is 0 Å². The fourth-order valence-corrected chi connectivity index (χ4v) is 1.93. The summed E-state index contributed by atoms with van der Waals surface area (Å²) in [7, 11) is 0. The molecule has 0 bridgehead atoms. The SMILES string of the molecule is CC(Nc1cccnc1Br)c1ccc(F)cc1. The molecule has 0 aliphatic carbocycles. The molecule has 2 nitrogen and oxygen atoms in total. The molecule has 17 heavy (non-hydrogen) atoms. The van der Waals surface area contributed by atoms with Gasteiger partial charge in [0.2, 0.25) is 0 Å². The number of nitrogens with zero attached hydrogens (tertiary/aromatic N) is 1. The number of anilines is 1. The van der Waals surface area contributed by atoms with E-state index in [9.17, 15) is 4.39 Å². The maximum atomic E-state index is 12.8. The summed E-state index contributed by atoms with van der Waals surface area (Å²) in [4.78, 5) is 4.13. The van der Waals surface area contributed by atoms with Crippen LogP contribution < -0.4 is 5.32 Å².